The maximum absolute atomic E-state index is 9.15. The Hall–Kier alpha value is -0.120. The fraction of sp³-hybridized carbons (Fsp3) is 1.00. The molecular weight excluding hydrogens is 164 g/mol. The van der Waals surface area contributed by atoms with Crippen LogP contribution in [0, 0.1) is 5.41 Å². The summed E-state index contributed by atoms with van der Waals surface area (Å²) in [5.41, 5.74) is 0.0388. The highest BCUT2D eigenvalue weighted by molar-refractivity contribution is 4.79. The predicted molar refractivity (Wildman–Crippen MR) is 54.8 cm³/mol. The molecule has 1 aliphatic rings. The summed E-state index contributed by atoms with van der Waals surface area (Å²) in [4.78, 5) is 2.43. The Morgan fingerprint density at radius 1 is 1.54 bits per heavy atom. The first-order chi connectivity index (χ1) is 6.03. The lowest BCUT2D eigenvalue weighted by molar-refractivity contribution is 0.0876. The smallest absolute Gasteiger partial charge is 0.0494 e. The van der Waals surface area contributed by atoms with E-state index < -0.39 is 0 Å². The maximum Gasteiger partial charge on any atom is 0.0494 e. The third-order valence-corrected chi connectivity index (χ3v) is 2.53. The van der Waals surface area contributed by atoms with Crippen molar-refractivity contribution in [3.05, 3.63) is 0 Å². The minimum Gasteiger partial charge on any atom is -0.396 e. The summed E-state index contributed by atoms with van der Waals surface area (Å²) in [6, 6.07) is 0.586. The highest BCUT2D eigenvalue weighted by Gasteiger charge is 2.23. The van der Waals surface area contributed by atoms with E-state index in [2.05, 4.69) is 31.0 Å². The summed E-state index contributed by atoms with van der Waals surface area (Å²) in [6.45, 7) is 11.0. The molecule has 13 heavy (non-hydrogen) atoms. The van der Waals surface area contributed by atoms with Crippen LogP contribution in [0.15, 0.2) is 0 Å². The van der Waals surface area contributed by atoms with Gasteiger partial charge in [0.15, 0.2) is 0 Å². The molecule has 1 saturated heterocycles. The Labute approximate surface area is 81.1 Å². The molecule has 0 bridgehead atoms. The average Bonchev–Trinajstić information content (AvgIpc) is 2.03. The third-order valence-electron chi connectivity index (χ3n) is 2.53. The standard InChI is InChI=1S/C10H22N2O/c1-9-6-12(5-4-11-9)7-10(2,3)8-13/h9,11,13H,4-8H2,1-3H3. The first-order valence-corrected chi connectivity index (χ1v) is 5.10. The topological polar surface area (TPSA) is 35.5 Å². The minimum atomic E-state index is 0.0388. The van der Waals surface area contributed by atoms with Crippen LogP contribution in [-0.4, -0.2) is 48.8 Å². The summed E-state index contributed by atoms with van der Waals surface area (Å²) in [6.07, 6.45) is 0. The van der Waals surface area contributed by atoms with E-state index in [1.54, 1.807) is 0 Å². The predicted octanol–water partition coefficient (Wildman–Crippen LogP) is 0.299. The molecule has 1 aliphatic heterocycles. The van der Waals surface area contributed by atoms with Gasteiger partial charge in [0.05, 0.1) is 0 Å². The van der Waals surface area contributed by atoms with Crippen molar-refractivity contribution in [1.29, 1.82) is 0 Å². The van der Waals surface area contributed by atoms with Crippen LogP contribution in [0.5, 0.6) is 0 Å². The molecule has 1 rings (SSSR count). The summed E-state index contributed by atoms with van der Waals surface area (Å²) in [5.74, 6) is 0. The second-order valence-electron chi connectivity index (χ2n) is 4.91. The summed E-state index contributed by atoms with van der Waals surface area (Å²) in [7, 11) is 0. The molecule has 1 fully saturated rings. The first-order valence-electron chi connectivity index (χ1n) is 5.10. The molecule has 0 aromatic heterocycles. The summed E-state index contributed by atoms with van der Waals surface area (Å²) >= 11 is 0. The van der Waals surface area contributed by atoms with Gasteiger partial charge < -0.3 is 10.4 Å². The fourth-order valence-corrected chi connectivity index (χ4v) is 1.81. The van der Waals surface area contributed by atoms with Crippen LogP contribution < -0.4 is 5.32 Å². The Morgan fingerprint density at radius 3 is 2.77 bits per heavy atom. The molecular formula is C10H22N2O. The normalized spacial score (nSPS) is 26.3. The van der Waals surface area contributed by atoms with Crippen molar-refractivity contribution < 1.29 is 5.11 Å². The Balaban J connectivity index is 2.35. The van der Waals surface area contributed by atoms with Gasteiger partial charge in [-0.2, -0.15) is 0 Å². The van der Waals surface area contributed by atoms with Crippen LogP contribution in [0.2, 0.25) is 0 Å². The van der Waals surface area contributed by atoms with Gasteiger partial charge in [-0.05, 0) is 6.92 Å². The van der Waals surface area contributed by atoms with E-state index >= 15 is 0 Å². The molecule has 78 valence electrons. The number of rotatable bonds is 3. The highest BCUT2D eigenvalue weighted by atomic mass is 16.3. The monoisotopic (exact) mass is 186 g/mol. The van der Waals surface area contributed by atoms with Gasteiger partial charge in [0, 0.05) is 44.2 Å². The van der Waals surface area contributed by atoms with Gasteiger partial charge in [-0.3, -0.25) is 4.90 Å². The molecule has 0 spiro atoms. The van der Waals surface area contributed by atoms with E-state index in [0.29, 0.717) is 6.04 Å². The van der Waals surface area contributed by atoms with Crippen LogP contribution in [0.1, 0.15) is 20.8 Å². The van der Waals surface area contributed by atoms with E-state index in [4.69, 9.17) is 5.11 Å². The van der Waals surface area contributed by atoms with Crippen molar-refractivity contribution in [3.63, 3.8) is 0 Å². The molecule has 3 nitrogen and oxygen atoms in total. The number of aliphatic hydroxyl groups is 1. The van der Waals surface area contributed by atoms with Crippen LogP contribution >= 0.6 is 0 Å². The zero-order chi connectivity index (χ0) is 9.90. The zero-order valence-corrected chi connectivity index (χ0v) is 9.01. The SMILES string of the molecule is CC1CN(CC(C)(C)CO)CCN1. The van der Waals surface area contributed by atoms with E-state index in [1.807, 2.05) is 0 Å². The third kappa shape index (κ3) is 3.63. The van der Waals surface area contributed by atoms with E-state index in [-0.39, 0.29) is 12.0 Å². The van der Waals surface area contributed by atoms with Gasteiger partial charge >= 0.3 is 0 Å². The lowest BCUT2D eigenvalue weighted by Gasteiger charge is -2.36. The van der Waals surface area contributed by atoms with E-state index in [1.165, 1.54) is 0 Å². The molecule has 1 unspecified atom stereocenters. The minimum absolute atomic E-state index is 0.0388. The molecule has 0 aromatic carbocycles. The number of hydrogen-bond donors (Lipinski definition) is 2. The van der Waals surface area contributed by atoms with Crippen molar-refractivity contribution in [1.82, 2.24) is 10.2 Å². The zero-order valence-electron chi connectivity index (χ0n) is 9.01. The van der Waals surface area contributed by atoms with Crippen molar-refractivity contribution >= 4 is 0 Å². The maximum atomic E-state index is 9.15. The van der Waals surface area contributed by atoms with Crippen molar-refractivity contribution in [3.8, 4) is 0 Å². The highest BCUT2D eigenvalue weighted by Crippen LogP contribution is 2.16. The van der Waals surface area contributed by atoms with Crippen molar-refractivity contribution in [2.75, 3.05) is 32.8 Å². The second-order valence-corrected chi connectivity index (χ2v) is 4.91. The van der Waals surface area contributed by atoms with Gasteiger partial charge in [-0.25, -0.2) is 0 Å². The molecule has 1 atom stereocenters. The molecule has 0 saturated carbocycles. The molecule has 1 heterocycles. The van der Waals surface area contributed by atoms with E-state index in [0.717, 1.165) is 26.2 Å². The van der Waals surface area contributed by atoms with Crippen LogP contribution in [0.4, 0.5) is 0 Å². The largest absolute Gasteiger partial charge is 0.396 e. The number of nitrogens with zero attached hydrogens (tertiary/aromatic N) is 1. The number of nitrogens with one attached hydrogen (secondary N) is 1. The van der Waals surface area contributed by atoms with Crippen LogP contribution in [-0.2, 0) is 0 Å². The van der Waals surface area contributed by atoms with Crippen molar-refractivity contribution in [2.45, 2.75) is 26.8 Å². The van der Waals surface area contributed by atoms with Gasteiger partial charge in [-0.1, -0.05) is 13.8 Å². The van der Waals surface area contributed by atoms with Gasteiger partial charge in [-0.15, -0.1) is 0 Å². The van der Waals surface area contributed by atoms with Crippen LogP contribution in [0.25, 0.3) is 0 Å². The first kappa shape index (κ1) is 11.0. The lowest BCUT2D eigenvalue weighted by Crippen LogP contribution is -2.51. The number of hydrogen-bond acceptors (Lipinski definition) is 3. The molecule has 3 heteroatoms. The molecule has 0 amide bonds. The van der Waals surface area contributed by atoms with Gasteiger partial charge in [0.1, 0.15) is 0 Å². The van der Waals surface area contributed by atoms with Gasteiger partial charge in [0.25, 0.3) is 0 Å². The lowest BCUT2D eigenvalue weighted by atomic mass is 9.93. The molecule has 2 N–H and O–H groups in total. The Morgan fingerprint density at radius 2 is 2.23 bits per heavy atom. The molecule has 0 radical (unpaired) electrons. The summed E-state index contributed by atoms with van der Waals surface area (Å²) < 4.78 is 0. The van der Waals surface area contributed by atoms with Crippen LogP contribution in [0.3, 0.4) is 0 Å². The Kier molecular flexibility index (Phi) is 3.71. The van der Waals surface area contributed by atoms with E-state index in [9.17, 15) is 0 Å². The molecule has 0 aromatic rings. The number of aliphatic hydroxyl groups excluding tert-OH is 1. The van der Waals surface area contributed by atoms with Crippen molar-refractivity contribution in [2.24, 2.45) is 5.41 Å². The number of piperazine rings is 1. The summed E-state index contributed by atoms with van der Waals surface area (Å²) in [5, 5.41) is 12.6. The quantitative estimate of drug-likeness (QED) is 0.665. The Bertz CT molecular complexity index is 159. The fourth-order valence-electron chi connectivity index (χ4n) is 1.81. The second kappa shape index (κ2) is 4.40. The van der Waals surface area contributed by atoms with Gasteiger partial charge in [0.2, 0.25) is 0 Å². The average molecular weight is 186 g/mol. The molecule has 0 aliphatic carbocycles.